The summed E-state index contributed by atoms with van der Waals surface area (Å²) in [7, 11) is 0. The predicted octanol–water partition coefficient (Wildman–Crippen LogP) is 1.59. The van der Waals surface area contributed by atoms with Gasteiger partial charge < -0.3 is 4.90 Å². The van der Waals surface area contributed by atoms with Gasteiger partial charge in [0.05, 0.1) is 0 Å². The van der Waals surface area contributed by atoms with E-state index in [1.807, 2.05) is 0 Å². The normalized spacial score (nSPS) is 46.8. The molecule has 2 aliphatic rings. The van der Waals surface area contributed by atoms with Crippen LogP contribution in [0.1, 0.15) is 20.3 Å². The van der Waals surface area contributed by atoms with Crippen molar-refractivity contribution in [3.8, 4) is 0 Å². The fourth-order valence-corrected chi connectivity index (χ4v) is 2.60. The molecule has 0 aromatic carbocycles. The molecule has 0 amide bonds. The number of hydrogen-bond acceptors (Lipinski definition) is 1. The summed E-state index contributed by atoms with van der Waals surface area (Å²) in [6.45, 7) is 8.73. The molecule has 0 N–H and O–H groups in total. The third-order valence-electron chi connectivity index (χ3n) is 3.42. The molecule has 1 heteroatoms. The van der Waals surface area contributed by atoms with Crippen molar-refractivity contribution < 1.29 is 0 Å². The average molecular weight is 139 g/mol. The molecule has 0 spiro atoms. The maximum atomic E-state index is 2.60. The molecule has 10 heavy (non-hydrogen) atoms. The maximum absolute atomic E-state index is 2.60. The lowest BCUT2D eigenvalue weighted by Gasteiger charge is -2.36. The highest BCUT2D eigenvalue weighted by molar-refractivity contribution is 4.95. The molecule has 3 atom stereocenters. The van der Waals surface area contributed by atoms with Crippen LogP contribution in [0.25, 0.3) is 0 Å². The molecule has 1 aliphatic carbocycles. The Labute approximate surface area is 63.4 Å². The Kier molecular flexibility index (Phi) is 1.48. The van der Waals surface area contributed by atoms with E-state index in [1.165, 1.54) is 26.1 Å². The Balaban J connectivity index is 1.93. The molecule has 0 aromatic rings. The van der Waals surface area contributed by atoms with Crippen LogP contribution in [0, 0.1) is 17.8 Å². The van der Waals surface area contributed by atoms with Crippen LogP contribution < -0.4 is 0 Å². The Hall–Kier alpha value is -0.0400. The van der Waals surface area contributed by atoms with Crippen molar-refractivity contribution in [3.05, 3.63) is 0 Å². The van der Waals surface area contributed by atoms with E-state index in [9.17, 15) is 0 Å². The zero-order chi connectivity index (χ0) is 7.14. The maximum Gasteiger partial charge on any atom is 0.00153 e. The van der Waals surface area contributed by atoms with Crippen molar-refractivity contribution in [1.82, 2.24) is 4.90 Å². The highest BCUT2D eigenvalue weighted by Crippen LogP contribution is 2.44. The van der Waals surface area contributed by atoms with Crippen molar-refractivity contribution in [1.29, 1.82) is 0 Å². The van der Waals surface area contributed by atoms with Gasteiger partial charge in [0.15, 0.2) is 0 Å². The largest absolute Gasteiger partial charge is 0.303 e. The van der Waals surface area contributed by atoms with Gasteiger partial charge in [-0.05, 0) is 30.7 Å². The lowest BCUT2D eigenvalue weighted by atomic mass is 9.68. The summed E-state index contributed by atoms with van der Waals surface area (Å²) in [6, 6.07) is 0. The van der Waals surface area contributed by atoms with Gasteiger partial charge in [-0.3, -0.25) is 0 Å². The Bertz CT molecular complexity index is 133. The van der Waals surface area contributed by atoms with Crippen LogP contribution in [0.5, 0.6) is 0 Å². The minimum atomic E-state index is 1.03. The van der Waals surface area contributed by atoms with Crippen molar-refractivity contribution in [3.63, 3.8) is 0 Å². The average Bonchev–Trinajstić information content (AvgIpc) is 2.26. The van der Waals surface area contributed by atoms with Crippen LogP contribution in [0.4, 0.5) is 0 Å². The first kappa shape index (κ1) is 6.66. The van der Waals surface area contributed by atoms with Crippen molar-refractivity contribution >= 4 is 0 Å². The monoisotopic (exact) mass is 139 g/mol. The molecular formula is C9H17N. The zero-order valence-corrected chi connectivity index (χ0v) is 7.01. The summed E-state index contributed by atoms with van der Waals surface area (Å²) in [5.74, 6) is 3.18. The van der Waals surface area contributed by atoms with E-state index in [1.54, 1.807) is 0 Å². The minimum Gasteiger partial charge on any atom is -0.303 e. The second-order valence-electron chi connectivity index (χ2n) is 3.99. The number of nitrogens with zero attached hydrogens (tertiary/aromatic N) is 1. The fraction of sp³-hybridized carbons (Fsp3) is 1.00. The summed E-state index contributed by atoms with van der Waals surface area (Å²) >= 11 is 0. The van der Waals surface area contributed by atoms with Gasteiger partial charge in [-0.2, -0.15) is 0 Å². The first-order valence-electron chi connectivity index (χ1n) is 4.53. The van der Waals surface area contributed by atoms with E-state index in [0.717, 1.165) is 17.8 Å². The quantitative estimate of drug-likeness (QED) is 0.533. The summed E-state index contributed by atoms with van der Waals surface area (Å²) in [5.41, 5.74) is 0. The third kappa shape index (κ3) is 0.800. The second-order valence-corrected chi connectivity index (χ2v) is 3.99. The molecule has 2 unspecified atom stereocenters. The number of fused-ring (bicyclic) bond motifs is 1. The Morgan fingerprint density at radius 3 is 2.70 bits per heavy atom. The lowest BCUT2D eigenvalue weighted by Crippen LogP contribution is -2.33. The summed E-state index contributed by atoms with van der Waals surface area (Å²) in [6.07, 6.45) is 1.50. The van der Waals surface area contributed by atoms with Crippen LogP contribution in [0.3, 0.4) is 0 Å². The van der Waals surface area contributed by atoms with Crippen molar-refractivity contribution in [2.45, 2.75) is 20.3 Å². The first-order chi connectivity index (χ1) is 4.81. The minimum absolute atomic E-state index is 1.03. The van der Waals surface area contributed by atoms with Crippen molar-refractivity contribution in [2.24, 2.45) is 17.8 Å². The standard InChI is InChI=1S/C9H17N/c1-3-10-5-8-4-7(2)9(8)6-10/h7-9H,3-6H2,1-2H3/t7-,8?,9?/m1/s1. The van der Waals surface area contributed by atoms with Gasteiger partial charge in [0.1, 0.15) is 0 Å². The predicted molar refractivity (Wildman–Crippen MR) is 42.9 cm³/mol. The molecule has 2 fully saturated rings. The van der Waals surface area contributed by atoms with E-state index in [2.05, 4.69) is 18.7 Å². The van der Waals surface area contributed by atoms with Gasteiger partial charge in [-0.15, -0.1) is 0 Å². The van der Waals surface area contributed by atoms with Crippen LogP contribution in [0.15, 0.2) is 0 Å². The lowest BCUT2D eigenvalue weighted by molar-refractivity contribution is 0.139. The molecule has 2 rings (SSSR count). The van der Waals surface area contributed by atoms with Crippen molar-refractivity contribution in [2.75, 3.05) is 19.6 Å². The summed E-state index contributed by atoms with van der Waals surface area (Å²) in [5, 5.41) is 0. The van der Waals surface area contributed by atoms with Gasteiger partial charge in [-0.25, -0.2) is 0 Å². The Morgan fingerprint density at radius 2 is 2.20 bits per heavy atom. The molecule has 1 saturated heterocycles. The van der Waals surface area contributed by atoms with Gasteiger partial charge >= 0.3 is 0 Å². The van der Waals surface area contributed by atoms with E-state index in [-0.39, 0.29) is 0 Å². The topological polar surface area (TPSA) is 3.24 Å². The number of rotatable bonds is 1. The highest BCUT2D eigenvalue weighted by atomic mass is 15.2. The fourth-order valence-electron chi connectivity index (χ4n) is 2.60. The van der Waals surface area contributed by atoms with Crippen LogP contribution >= 0.6 is 0 Å². The molecule has 0 bridgehead atoms. The molecule has 1 saturated carbocycles. The van der Waals surface area contributed by atoms with E-state index in [0.29, 0.717) is 0 Å². The number of likely N-dealkylation sites (tertiary alicyclic amines) is 1. The summed E-state index contributed by atoms with van der Waals surface area (Å²) in [4.78, 5) is 2.60. The van der Waals surface area contributed by atoms with Gasteiger partial charge in [0, 0.05) is 13.1 Å². The Morgan fingerprint density at radius 1 is 1.40 bits per heavy atom. The highest BCUT2D eigenvalue weighted by Gasteiger charge is 2.43. The van der Waals surface area contributed by atoms with Gasteiger partial charge in [0.25, 0.3) is 0 Å². The van der Waals surface area contributed by atoms with E-state index < -0.39 is 0 Å². The molecular weight excluding hydrogens is 122 g/mol. The zero-order valence-electron chi connectivity index (χ0n) is 7.01. The molecule has 0 aromatic heterocycles. The molecule has 1 nitrogen and oxygen atoms in total. The molecule has 58 valence electrons. The van der Waals surface area contributed by atoms with Crippen LogP contribution in [0.2, 0.25) is 0 Å². The van der Waals surface area contributed by atoms with Gasteiger partial charge in [0.2, 0.25) is 0 Å². The smallest absolute Gasteiger partial charge is 0.00153 e. The SMILES string of the molecule is CCN1CC2C[C@@H](C)C2C1. The van der Waals surface area contributed by atoms with E-state index in [4.69, 9.17) is 0 Å². The van der Waals surface area contributed by atoms with Crippen LogP contribution in [-0.2, 0) is 0 Å². The first-order valence-corrected chi connectivity index (χ1v) is 4.53. The molecule has 1 aliphatic heterocycles. The molecule has 0 radical (unpaired) electrons. The van der Waals surface area contributed by atoms with Crippen LogP contribution in [-0.4, -0.2) is 24.5 Å². The van der Waals surface area contributed by atoms with E-state index >= 15 is 0 Å². The van der Waals surface area contributed by atoms with Gasteiger partial charge in [-0.1, -0.05) is 13.8 Å². The summed E-state index contributed by atoms with van der Waals surface area (Å²) < 4.78 is 0. The second kappa shape index (κ2) is 2.23. The number of hydrogen-bond donors (Lipinski definition) is 0. The third-order valence-corrected chi connectivity index (χ3v) is 3.42. The molecule has 1 heterocycles.